The van der Waals surface area contributed by atoms with Gasteiger partial charge in [-0.25, -0.2) is 9.98 Å². The number of nitrogens with zero attached hydrogens (tertiary/aromatic N) is 3. The molecule has 1 aliphatic rings. The van der Waals surface area contributed by atoms with E-state index in [9.17, 15) is 0 Å². The number of pyridine rings is 1. The van der Waals surface area contributed by atoms with E-state index < -0.39 is 0 Å². The van der Waals surface area contributed by atoms with Crippen molar-refractivity contribution in [1.82, 2.24) is 20.5 Å². The highest BCUT2D eigenvalue weighted by atomic mass is 16.5. The monoisotopic (exact) mass is 377 g/mol. The molecule has 1 saturated heterocycles. The summed E-state index contributed by atoms with van der Waals surface area (Å²) in [6, 6.07) is 3.94. The fraction of sp³-hybridized carbons (Fsp3) is 0.700. The molecule has 1 fully saturated rings. The topological polar surface area (TPSA) is 71.0 Å². The summed E-state index contributed by atoms with van der Waals surface area (Å²) in [4.78, 5) is 11.5. The second-order valence-corrected chi connectivity index (χ2v) is 7.28. The van der Waals surface area contributed by atoms with E-state index in [2.05, 4.69) is 48.2 Å². The molecule has 0 radical (unpaired) electrons. The van der Waals surface area contributed by atoms with Crippen molar-refractivity contribution >= 4 is 5.96 Å². The van der Waals surface area contributed by atoms with Crippen LogP contribution in [0.1, 0.15) is 39.7 Å². The summed E-state index contributed by atoms with van der Waals surface area (Å²) in [7, 11) is 0. The van der Waals surface area contributed by atoms with Crippen molar-refractivity contribution in [1.29, 1.82) is 0 Å². The van der Waals surface area contributed by atoms with E-state index >= 15 is 0 Å². The van der Waals surface area contributed by atoms with Crippen LogP contribution < -0.4 is 15.4 Å². The molecule has 2 N–H and O–H groups in total. The zero-order valence-electron chi connectivity index (χ0n) is 17.3. The molecule has 0 atom stereocenters. The quantitative estimate of drug-likeness (QED) is 0.507. The minimum absolute atomic E-state index is 0.0314. The standard InChI is InChI=1S/C20H35N5O2/c1-5-12-27-18-17(8-7-9-22-18)15-23-19(21-6-2)24-16-20(3,4)25-10-13-26-14-11-25/h7-9H,5-6,10-16H2,1-4H3,(H2,21,23,24). The lowest BCUT2D eigenvalue weighted by molar-refractivity contribution is -0.00834. The molecule has 0 spiro atoms. The molecule has 7 heteroatoms. The fourth-order valence-corrected chi connectivity index (χ4v) is 2.96. The molecular weight excluding hydrogens is 342 g/mol. The SMILES string of the molecule is CCCOc1ncccc1CN=C(NCC)NCC(C)(C)N1CCOCC1. The second kappa shape index (κ2) is 11.1. The van der Waals surface area contributed by atoms with E-state index in [4.69, 9.17) is 14.5 Å². The van der Waals surface area contributed by atoms with Crippen LogP contribution in [0.3, 0.4) is 0 Å². The molecule has 0 bridgehead atoms. The van der Waals surface area contributed by atoms with Gasteiger partial charge in [0.2, 0.25) is 5.88 Å². The minimum atomic E-state index is 0.0314. The Hall–Kier alpha value is -1.86. The van der Waals surface area contributed by atoms with Gasteiger partial charge in [-0.05, 0) is 33.3 Å². The number of guanidine groups is 1. The Morgan fingerprint density at radius 1 is 1.30 bits per heavy atom. The Bertz CT molecular complexity index is 585. The van der Waals surface area contributed by atoms with Crippen LogP contribution in [0.2, 0.25) is 0 Å². The summed E-state index contributed by atoms with van der Waals surface area (Å²) in [5.74, 6) is 1.48. The normalized spacial score (nSPS) is 16.2. The van der Waals surface area contributed by atoms with Crippen LogP contribution in [-0.4, -0.2) is 67.4 Å². The maximum atomic E-state index is 5.73. The number of rotatable bonds is 9. The number of aromatic nitrogens is 1. The van der Waals surface area contributed by atoms with Crippen LogP contribution in [0.4, 0.5) is 0 Å². The Kier molecular flexibility index (Phi) is 8.81. The van der Waals surface area contributed by atoms with E-state index in [1.165, 1.54) is 0 Å². The van der Waals surface area contributed by atoms with Gasteiger partial charge < -0.3 is 20.1 Å². The smallest absolute Gasteiger partial charge is 0.218 e. The summed E-state index contributed by atoms with van der Waals surface area (Å²) in [5.41, 5.74) is 1.03. The molecule has 152 valence electrons. The Labute approximate surface area is 163 Å². The van der Waals surface area contributed by atoms with Gasteiger partial charge in [-0.3, -0.25) is 4.90 Å². The predicted molar refractivity (Wildman–Crippen MR) is 109 cm³/mol. The van der Waals surface area contributed by atoms with Crippen molar-refractivity contribution in [3.8, 4) is 5.88 Å². The van der Waals surface area contributed by atoms with E-state index in [1.54, 1.807) is 6.20 Å². The largest absolute Gasteiger partial charge is 0.477 e. The lowest BCUT2D eigenvalue weighted by Crippen LogP contribution is -2.56. The molecule has 1 aliphatic heterocycles. The number of aliphatic imine (C=N–C) groups is 1. The van der Waals surface area contributed by atoms with Crippen LogP contribution in [0.25, 0.3) is 0 Å². The average molecular weight is 378 g/mol. The molecule has 7 nitrogen and oxygen atoms in total. The molecule has 0 aromatic carbocycles. The van der Waals surface area contributed by atoms with Gasteiger partial charge in [-0.15, -0.1) is 0 Å². The Morgan fingerprint density at radius 2 is 2.07 bits per heavy atom. The average Bonchev–Trinajstić information content (AvgIpc) is 2.70. The van der Waals surface area contributed by atoms with Gasteiger partial charge >= 0.3 is 0 Å². The highest BCUT2D eigenvalue weighted by molar-refractivity contribution is 5.79. The molecular formula is C20H35N5O2. The first-order chi connectivity index (χ1) is 13.1. The molecule has 0 unspecified atom stereocenters. The molecule has 1 aromatic rings. The summed E-state index contributed by atoms with van der Waals surface area (Å²) in [5, 5.41) is 6.81. The summed E-state index contributed by atoms with van der Waals surface area (Å²) in [6.45, 7) is 15.0. The van der Waals surface area contributed by atoms with Gasteiger partial charge in [0.15, 0.2) is 5.96 Å². The first-order valence-corrected chi connectivity index (χ1v) is 9.98. The summed E-state index contributed by atoms with van der Waals surface area (Å²) >= 11 is 0. The third kappa shape index (κ3) is 6.99. The fourth-order valence-electron chi connectivity index (χ4n) is 2.96. The molecule has 2 rings (SSSR count). The van der Waals surface area contributed by atoms with Crippen molar-refractivity contribution in [3.05, 3.63) is 23.9 Å². The zero-order valence-corrected chi connectivity index (χ0v) is 17.3. The molecule has 0 aliphatic carbocycles. The van der Waals surface area contributed by atoms with Crippen molar-refractivity contribution in [2.45, 2.75) is 46.2 Å². The summed E-state index contributed by atoms with van der Waals surface area (Å²) < 4.78 is 11.2. The molecule has 2 heterocycles. The predicted octanol–water partition coefficient (Wildman–Crippen LogP) is 2.04. The summed E-state index contributed by atoms with van der Waals surface area (Å²) in [6.07, 6.45) is 2.71. The van der Waals surface area contributed by atoms with Crippen molar-refractivity contribution in [2.24, 2.45) is 4.99 Å². The number of morpholine rings is 1. The van der Waals surface area contributed by atoms with Gasteiger partial charge in [0.1, 0.15) is 0 Å². The van der Waals surface area contributed by atoms with Gasteiger partial charge in [-0.1, -0.05) is 13.0 Å². The highest BCUT2D eigenvalue weighted by Crippen LogP contribution is 2.16. The van der Waals surface area contributed by atoms with E-state index in [1.807, 2.05) is 12.1 Å². The Balaban J connectivity index is 1.97. The lowest BCUT2D eigenvalue weighted by atomic mass is 10.0. The molecule has 27 heavy (non-hydrogen) atoms. The Morgan fingerprint density at radius 3 is 2.78 bits per heavy atom. The molecule has 0 saturated carbocycles. The van der Waals surface area contributed by atoms with Gasteiger partial charge in [0.25, 0.3) is 0 Å². The highest BCUT2D eigenvalue weighted by Gasteiger charge is 2.28. The second-order valence-electron chi connectivity index (χ2n) is 7.28. The number of hydrogen-bond donors (Lipinski definition) is 2. The van der Waals surface area contributed by atoms with Crippen molar-refractivity contribution in [2.75, 3.05) is 46.0 Å². The maximum absolute atomic E-state index is 5.73. The van der Waals surface area contributed by atoms with Crippen LogP contribution in [0.15, 0.2) is 23.3 Å². The van der Waals surface area contributed by atoms with Crippen LogP contribution in [0.5, 0.6) is 5.88 Å². The maximum Gasteiger partial charge on any atom is 0.218 e. The third-order valence-electron chi connectivity index (χ3n) is 4.60. The van der Waals surface area contributed by atoms with Gasteiger partial charge in [0, 0.05) is 43.5 Å². The van der Waals surface area contributed by atoms with Crippen LogP contribution in [-0.2, 0) is 11.3 Å². The van der Waals surface area contributed by atoms with Crippen LogP contribution in [0, 0.1) is 0 Å². The van der Waals surface area contributed by atoms with Crippen LogP contribution >= 0.6 is 0 Å². The first-order valence-electron chi connectivity index (χ1n) is 9.98. The number of nitrogens with one attached hydrogen (secondary N) is 2. The minimum Gasteiger partial charge on any atom is -0.477 e. The van der Waals surface area contributed by atoms with Gasteiger partial charge in [0.05, 0.1) is 26.4 Å². The third-order valence-corrected chi connectivity index (χ3v) is 4.60. The number of ether oxygens (including phenoxy) is 2. The first kappa shape index (κ1) is 21.4. The zero-order chi connectivity index (χ0) is 19.5. The lowest BCUT2D eigenvalue weighted by Gasteiger charge is -2.41. The molecule has 1 aromatic heterocycles. The van der Waals surface area contributed by atoms with E-state index in [0.717, 1.165) is 57.3 Å². The van der Waals surface area contributed by atoms with Gasteiger partial charge in [-0.2, -0.15) is 0 Å². The number of hydrogen-bond acceptors (Lipinski definition) is 5. The van der Waals surface area contributed by atoms with E-state index in [-0.39, 0.29) is 5.54 Å². The van der Waals surface area contributed by atoms with Crippen molar-refractivity contribution < 1.29 is 9.47 Å². The molecule has 0 amide bonds. The van der Waals surface area contributed by atoms with E-state index in [0.29, 0.717) is 19.0 Å². The van der Waals surface area contributed by atoms with Crippen molar-refractivity contribution in [3.63, 3.8) is 0 Å².